The number of nitrogens with zero attached hydrogens (tertiary/aromatic N) is 3. The van der Waals surface area contributed by atoms with Gasteiger partial charge >= 0.3 is 0 Å². The largest absolute Gasteiger partial charge is 0.385 e. The van der Waals surface area contributed by atoms with Gasteiger partial charge in [-0.05, 0) is 18.6 Å². The number of hydrogen-bond acceptors (Lipinski definition) is 9. The normalized spacial score (nSPS) is 15.3. The van der Waals surface area contributed by atoms with Crippen LogP contribution in [0.25, 0.3) is 0 Å². The van der Waals surface area contributed by atoms with Gasteiger partial charge in [0.05, 0.1) is 49.6 Å². The minimum absolute atomic E-state index is 0.0244. The minimum atomic E-state index is -3.45. The molecule has 0 unspecified atom stereocenters. The van der Waals surface area contributed by atoms with Crippen LogP contribution in [0, 0.1) is 5.13 Å². The van der Waals surface area contributed by atoms with Crippen molar-refractivity contribution in [3.05, 3.63) is 46.2 Å². The quantitative estimate of drug-likeness (QED) is 0.387. The predicted octanol–water partition coefficient (Wildman–Crippen LogP) is 1.94. The molecule has 1 aromatic heterocycles. The van der Waals surface area contributed by atoms with Crippen LogP contribution in [0.2, 0.25) is 0 Å². The number of ketones is 1. The average molecular weight is 470 g/mol. The first kappa shape index (κ1) is 23.5. The molecule has 3 rings (SSSR count). The molecular formula is C20H24FN3O5S2. The van der Waals surface area contributed by atoms with E-state index in [0.717, 1.165) is 17.5 Å². The van der Waals surface area contributed by atoms with Crippen molar-refractivity contribution < 1.29 is 27.1 Å². The third kappa shape index (κ3) is 6.63. The lowest BCUT2D eigenvalue weighted by molar-refractivity contribution is -0.112. The molecule has 1 aromatic carbocycles. The number of morpholine rings is 1. The van der Waals surface area contributed by atoms with Crippen LogP contribution in [0.4, 0.5) is 4.39 Å². The van der Waals surface area contributed by atoms with Gasteiger partial charge in [0.1, 0.15) is 10.7 Å². The second kappa shape index (κ2) is 10.9. The van der Waals surface area contributed by atoms with Crippen molar-refractivity contribution in [3.63, 3.8) is 0 Å². The Morgan fingerprint density at radius 3 is 2.61 bits per heavy atom. The van der Waals surface area contributed by atoms with Crippen molar-refractivity contribution in [2.75, 3.05) is 45.8 Å². The third-order valence-electron chi connectivity index (χ3n) is 4.58. The molecule has 1 aliphatic rings. The number of methoxy groups -OCH3 is 1. The van der Waals surface area contributed by atoms with Crippen LogP contribution in [-0.2, 0) is 30.5 Å². The second-order valence-electron chi connectivity index (χ2n) is 6.86. The van der Waals surface area contributed by atoms with Crippen molar-refractivity contribution in [2.24, 2.45) is 5.10 Å². The molecule has 2 heterocycles. The molecule has 0 N–H and O–H groups in total. The molecule has 31 heavy (non-hydrogen) atoms. The van der Waals surface area contributed by atoms with E-state index in [4.69, 9.17) is 9.47 Å². The lowest BCUT2D eigenvalue weighted by atomic mass is 10.0. The number of sulfone groups is 1. The topological polar surface area (TPSA) is 98.2 Å². The van der Waals surface area contributed by atoms with E-state index < -0.39 is 15.0 Å². The Balaban J connectivity index is 1.84. The van der Waals surface area contributed by atoms with Crippen molar-refractivity contribution in [2.45, 2.75) is 17.7 Å². The van der Waals surface area contributed by atoms with Crippen molar-refractivity contribution in [1.82, 2.24) is 9.99 Å². The zero-order valence-electron chi connectivity index (χ0n) is 17.1. The highest BCUT2D eigenvalue weighted by atomic mass is 32.2. The van der Waals surface area contributed by atoms with Crippen molar-refractivity contribution in [3.8, 4) is 0 Å². The molecule has 0 amide bonds. The summed E-state index contributed by atoms with van der Waals surface area (Å²) >= 11 is 0.813. The van der Waals surface area contributed by atoms with Gasteiger partial charge < -0.3 is 9.47 Å². The first-order valence-corrected chi connectivity index (χ1v) is 12.2. The lowest BCUT2D eigenvalue weighted by Crippen LogP contribution is -2.34. The van der Waals surface area contributed by atoms with E-state index in [-0.39, 0.29) is 28.6 Å². The fraction of sp³-hybridized carbons (Fsp3) is 0.450. The number of hydrogen-bond donors (Lipinski definition) is 0. The molecule has 0 atom stereocenters. The molecule has 0 aliphatic carbocycles. The number of carbonyl (C=O) groups is 1. The Morgan fingerprint density at radius 2 is 2.00 bits per heavy atom. The SMILES string of the molecule is COCCCS(=O)(=O)c1ccc(/C(=N\N2CCOCC2)C(=O)Cc2ncc(F)s2)cc1. The summed E-state index contributed by atoms with van der Waals surface area (Å²) in [5, 5.41) is 6.14. The van der Waals surface area contributed by atoms with E-state index in [2.05, 4.69) is 10.1 Å². The summed E-state index contributed by atoms with van der Waals surface area (Å²) in [6, 6.07) is 6.09. The second-order valence-corrected chi connectivity index (χ2v) is 10.0. The van der Waals surface area contributed by atoms with Crippen LogP contribution in [0.5, 0.6) is 0 Å². The van der Waals surface area contributed by atoms with E-state index in [9.17, 15) is 17.6 Å². The molecule has 0 spiro atoms. The maximum absolute atomic E-state index is 13.3. The number of halogens is 1. The van der Waals surface area contributed by atoms with Crippen LogP contribution >= 0.6 is 11.3 Å². The Morgan fingerprint density at radius 1 is 1.29 bits per heavy atom. The Bertz CT molecular complexity index is 1020. The van der Waals surface area contributed by atoms with Gasteiger partial charge in [0.2, 0.25) is 0 Å². The summed E-state index contributed by atoms with van der Waals surface area (Å²) in [5.41, 5.74) is 0.671. The van der Waals surface area contributed by atoms with Crippen LogP contribution in [0.15, 0.2) is 40.5 Å². The molecule has 1 saturated heterocycles. The number of Topliss-reactive ketones (excluding diaryl/α,β-unsaturated/α-hetero) is 1. The summed E-state index contributed by atoms with van der Waals surface area (Å²) in [6.45, 7) is 2.44. The molecule has 168 valence electrons. The Labute approximate surface area is 184 Å². The summed E-state index contributed by atoms with van der Waals surface area (Å²) in [4.78, 5) is 17.1. The molecule has 0 bridgehead atoms. The number of benzene rings is 1. The zero-order chi connectivity index (χ0) is 22.3. The summed E-state index contributed by atoms with van der Waals surface area (Å²) in [5.74, 6) is -0.347. The Hall–Kier alpha value is -2.21. The number of rotatable bonds is 10. The van der Waals surface area contributed by atoms with Crippen molar-refractivity contribution >= 4 is 32.7 Å². The number of hydrazone groups is 1. The van der Waals surface area contributed by atoms with Crippen LogP contribution < -0.4 is 0 Å². The number of thiazole rings is 1. The molecule has 2 aromatic rings. The van der Waals surface area contributed by atoms with E-state index in [1.807, 2.05) is 0 Å². The highest BCUT2D eigenvalue weighted by molar-refractivity contribution is 7.91. The van der Waals surface area contributed by atoms with Gasteiger partial charge in [0.25, 0.3) is 0 Å². The molecular weight excluding hydrogens is 445 g/mol. The smallest absolute Gasteiger partial charge is 0.196 e. The first-order valence-electron chi connectivity index (χ1n) is 9.76. The lowest BCUT2D eigenvalue weighted by Gasteiger charge is -2.25. The van der Waals surface area contributed by atoms with Crippen LogP contribution in [-0.4, -0.2) is 75.7 Å². The van der Waals surface area contributed by atoms with Gasteiger partial charge in [-0.3, -0.25) is 9.80 Å². The van der Waals surface area contributed by atoms with E-state index >= 15 is 0 Å². The fourth-order valence-electron chi connectivity index (χ4n) is 2.99. The molecule has 1 fully saturated rings. The highest BCUT2D eigenvalue weighted by Crippen LogP contribution is 2.17. The maximum Gasteiger partial charge on any atom is 0.196 e. The number of aromatic nitrogens is 1. The molecule has 11 heteroatoms. The van der Waals surface area contributed by atoms with Crippen LogP contribution in [0.1, 0.15) is 17.0 Å². The summed E-state index contributed by atoms with van der Waals surface area (Å²) in [6.07, 6.45) is 1.39. The van der Waals surface area contributed by atoms with Crippen molar-refractivity contribution in [1.29, 1.82) is 0 Å². The van der Waals surface area contributed by atoms with Gasteiger partial charge in [-0.2, -0.15) is 9.49 Å². The van der Waals surface area contributed by atoms with Gasteiger partial charge in [-0.25, -0.2) is 13.4 Å². The average Bonchev–Trinajstić information content (AvgIpc) is 3.17. The predicted molar refractivity (Wildman–Crippen MR) is 115 cm³/mol. The first-order chi connectivity index (χ1) is 14.9. The fourth-order valence-corrected chi connectivity index (χ4v) is 4.92. The molecule has 0 saturated carbocycles. The Kier molecular flexibility index (Phi) is 8.24. The van der Waals surface area contributed by atoms with E-state index in [1.165, 1.54) is 19.2 Å². The number of ether oxygens (including phenoxy) is 2. The summed E-state index contributed by atoms with van der Waals surface area (Å²) in [7, 11) is -1.93. The van der Waals surface area contributed by atoms with Gasteiger partial charge in [0.15, 0.2) is 20.8 Å². The minimum Gasteiger partial charge on any atom is -0.385 e. The number of carbonyl (C=O) groups excluding carboxylic acids is 1. The third-order valence-corrected chi connectivity index (χ3v) is 7.18. The van der Waals surface area contributed by atoms with Gasteiger partial charge in [-0.15, -0.1) is 0 Å². The van der Waals surface area contributed by atoms with Gasteiger partial charge in [-0.1, -0.05) is 23.5 Å². The van der Waals surface area contributed by atoms with E-state index in [0.29, 0.717) is 49.9 Å². The molecule has 8 nitrogen and oxygen atoms in total. The van der Waals surface area contributed by atoms with Gasteiger partial charge in [0, 0.05) is 19.3 Å². The standard InChI is InChI=1S/C20H24FN3O5S2/c1-28-9-2-12-31(26,27)16-5-3-15(4-6-16)20(23-24-7-10-29-11-8-24)17(25)13-19-22-14-18(21)30-19/h3-6,14H,2,7-13H2,1H3/b23-20+. The molecule has 1 aliphatic heterocycles. The van der Waals surface area contributed by atoms with E-state index in [1.54, 1.807) is 17.1 Å². The maximum atomic E-state index is 13.3. The summed E-state index contributed by atoms with van der Waals surface area (Å²) < 4.78 is 48.4. The highest BCUT2D eigenvalue weighted by Gasteiger charge is 2.21. The monoisotopic (exact) mass is 469 g/mol. The van der Waals surface area contributed by atoms with Crippen LogP contribution in [0.3, 0.4) is 0 Å². The zero-order valence-corrected chi connectivity index (χ0v) is 18.8. The molecule has 0 radical (unpaired) electrons.